The Morgan fingerprint density at radius 3 is 1.88 bits per heavy atom. The number of hydrogen-bond donors (Lipinski definition) is 2. The molecule has 3 aliphatic heterocycles. The standard InChI is InChI=1S/C34H35N3O4.C2HF3O2/c38-32(27-13-15-30(16-14-27)36-20-7-8-21-36)35-19-24-37-22-17-26(18-23-37)31(25-37)41-33(39)34(40,28-9-3-1-4-10-28)29-11-5-2-6-12-29;3-2(4,5)1(6)7/h1-16,20-21,26,31,40H,17-19,22-25H2;(H,6,7)/t26?,31-,37?;/m0./s1. The Labute approximate surface area is 275 Å². The number of nitrogens with zero attached hydrogens (tertiary/aromatic N) is 2. The van der Waals surface area contributed by atoms with Crippen LogP contribution in [0.1, 0.15) is 34.3 Å². The highest BCUT2D eigenvalue weighted by Crippen LogP contribution is 2.38. The van der Waals surface area contributed by atoms with Gasteiger partial charge in [0, 0.05) is 42.4 Å². The summed E-state index contributed by atoms with van der Waals surface area (Å²) in [6.45, 7) is 4.01. The number of rotatable bonds is 9. The predicted molar refractivity (Wildman–Crippen MR) is 167 cm³/mol. The van der Waals surface area contributed by atoms with Crippen molar-refractivity contribution in [2.75, 3.05) is 32.7 Å². The van der Waals surface area contributed by atoms with Gasteiger partial charge in [0.25, 0.3) is 5.91 Å². The van der Waals surface area contributed by atoms with Gasteiger partial charge in [-0.05, 0) is 47.5 Å². The molecule has 2 bridgehead atoms. The number of carboxylic acids is 1. The molecule has 1 amide bonds. The van der Waals surface area contributed by atoms with Gasteiger partial charge in [-0.15, -0.1) is 0 Å². The zero-order valence-electron chi connectivity index (χ0n) is 26.0. The maximum Gasteiger partial charge on any atom is 0.430 e. The number of nitrogens with one attached hydrogen (secondary N) is 1. The van der Waals surface area contributed by atoms with E-state index in [1.54, 1.807) is 24.3 Å². The van der Waals surface area contributed by atoms with E-state index in [9.17, 15) is 27.9 Å². The van der Waals surface area contributed by atoms with Crippen LogP contribution in [0.25, 0.3) is 5.69 Å². The number of halogens is 3. The van der Waals surface area contributed by atoms with Gasteiger partial charge in [0.2, 0.25) is 5.60 Å². The highest BCUT2D eigenvalue weighted by molar-refractivity contribution is 5.94. The molecule has 48 heavy (non-hydrogen) atoms. The number of carboxylic acid groups (broad SMARTS) is 1. The lowest BCUT2D eigenvalue weighted by atomic mass is 9.82. The molecule has 3 fully saturated rings. The highest BCUT2D eigenvalue weighted by Gasteiger charge is 2.50. The first-order chi connectivity index (χ1) is 22.9. The Hall–Kier alpha value is -4.94. The Balaban J connectivity index is 0.000000582. The summed E-state index contributed by atoms with van der Waals surface area (Å²) in [6.07, 6.45) is 0.393. The number of quaternary nitrogens is 1. The summed E-state index contributed by atoms with van der Waals surface area (Å²) in [5.41, 5.74) is 0.736. The number of carbonyl (C=O) groups is 3. The average Bonchev–Trinajstić information content (AvgIpc) is 3.64. The van der Waals surface area contributed by atoms with Crippen LogP contribution >= 0.6 is 0 Å². The van der Waals surface area contributed by atoms with Crippen LogP contribution in [0.4, 0.5) is 13.2 Å². The van der Waals surface area contributed by atoms with Crippen LogP contribution in [0.15, 0.2) is 109 Å². The van der Waals surface area contributed by atoms with Gasteiger partial charge in [0.1, 0.15) is 12.5 Å². The molecule has 12 heteroatoms. The summed E-state index contributed by atoms with van der Waals surface area (Å²) in [5.74, 6) is -3.45. The number of aromatic nitrogens is 1. The molecule has 252 valence electrons. The summed E-state index contributed by atoms with van der Waals surface area (Å²) in [5, 5.41) is 23.7. The van der Waals surface area contributed by atoms with Crippen LogP contribution in [0, 0.1) is 5.92 Å². The van der Waals surface area contributed by atoms with Crippen LogP contribution in [-0.2, 0) is 19.9 Å². The Morgan fingerprint density at radius 1 is 0.854 bits per heavy atom. The zero-order chi connectivity index (χ0) is 34.4. The highest BCUT2D eigenvalue weighted by atomic mass is 19.4. The van der Waals surface area contributed by atoms with Gasteiger partial charge in [0.15, 0.2) is 6.10 Å². The van der Waals surface area contributed by atoms with E-state index in [4.69, 9.17) is 14.6 Å². The van der Waals surface area contributed by atoms with Crippen molar-refractivity contribution >= 4 is 17.8 Å². The first-order valence-corrected chi connectivity index (χ1v) is 15.6. The second-order valence-electron chi connectivity index (χ2n) is 12.1. The summed E-state index contributed by atoms with van der Waals surface area (Å²) in [4.78, 5) is 35.4. The molecular formula is C36H36F3N3O6. The quantitative estimate of drug-likeness (QED) is 0.209. The Bertz CT molecular complexity index is 1630. The van der Waals surface area contributed by atoms with E-state index in [0.717, 1.165) is 42.6 Å². The maximum atomic E-state index is 13.7. The summed E-state index contributed by atoms with van der Waals surface area (Å²) >= 11 is 0. The number of fused-ring (bicyclic) bond motifs is 3. The number of carbonyl (C=O) groups excluding carboxylic acids is 3. The van der Waals surface area contributed by atoms with Gasteiger partial charge in [-0.3, -0.25) is 4.79 Å². The minimum Gasteiger partial charge on any atom is -0.542 e. The lowest BCUT2D eigenvalue weighted by molar-refractivity contribution is -0.945. The van der Waals surface area contributed by atoms with Gasteiger partial charge < -0.3 is 34.1 Å². The molecule has 3 aromatic carbocycles. The first kappa shape index (κ1) is 34.4. The number of amides is 1. The van der Waals surface area contributed by atoms with Gasteiger partial charge >= 0.3 is 12.1 Å². The van der Waals surface area contributed by atoms with E-state index in [-0.39, 0.29) is 17.9 Å². The molecule has 7 rings (SSSR count). The van der Waals surface area contributed by atoms with Gasteiger partial charge in [-0.1, -0.05) is 60.7 Å². The molecule has 4 aromatic rings. The third-order valence-corrected chi connectivity index (χ3v) is 9.11. The van der Waals surface area contributed by atoms with E-state index in [1.165, 1.54) is 0 Å². The van der Waals surface area contributed by atoms with Crippen molar-refractivity contribution in [3.8, 4) is 5.69 Å². The molecule has 1 atom stereocenters. The number of esters is 1. The van der Waals surface area contributed by atoms with Crippen molar-refractivity contribution in [2.45, 2.75) is 30.7 Å². The fraction of sp³-hybridized carbons (Fsp3) is 0.306. The SMILES string of the molecule is O=C(NCC[N+]12CCC(CC1)[C@@H](OC(=O)C(O)(c1ccccc1)c1ccccc1)C2)c1ccc(-n2cccc2)cc1.O=C([O-])C(F)(F)F. The molecule has 3 saturated heterocycles. The predicted octanol–water partition coefficient (Wildman–Crippen LogP) is 3.59. The number of aliphatic carboxylic acids is 1. The normalized spacial score (nSPS) is 20.2. The fourth-order valence-electron chi connectivity index (χ4n) is 6.45. The van der Waals surface area contributed by atoms with Crippen molar-refractivity contribution in [3.05, 3.63) is 126 Å². The van der Waals surface area contributed by atoms with E-state index in [0.29, 0.717) is 29.8 Å². The lowest BCUT2D eigenvalue weighted by Crippen LogP contribution is -2.66. The lowest BCUT2D eigenvalue weighted by Gasteiger charge is -2.52. The van der Waals surface area contributed by atoms with Crippen molar-refractivity contribution in [1.82, 2.24) is 9.88 Å². The van der Waals surface area contributed by atoms with E-state index in [1.807, 2.05) is 89.8 Å². The fourth-order valence-corrected chi connectivity index (χ4v) is 6.45. The second-order valence-corrected chi connectivity index (χ2v) is 12.1. The van der Waals surface area contributed by atoms with E-state index in [2.05, 4.69) is 5.32 Å². The molecule has 9 nitrogen and oxygen atoms in total. The maximum absolute atomic E-state index is 13.7. The Morgan fingerprint density at radius 2 is 1.38 bits per heavy atom. The van der Waals surface area contributed by atoms with Crippen LogP contribution in [0.2, 0.25) is 0 Å². The molecular weight excluding hydrogens is 627 g/mol. The van der Waals surface area contributed by atoms with Crippen LogP contribution in [-0.4, -0.2) is 77.0 Å². The molecule has 0 unspecified atom stereocenters. The Kier molecular flexibility index (Phi) is 10.4. The number of ether oxygens (including phenoxy) is 1. The monoisotopic (exact) mass is 663 g/mol. The summed E-state index contributed by atoms with van der Waals surface area (Å²) < 4.78 is 40.5. The summed E-state index contributed by atoms with van der Waals surface area (Å²) in [6, 6.07) is 29.5. The van der Waals surface area contributed by atoms with Crippen LogP contribution in [0.5, 0.6) is 0 Å². The van der Waals surface area contributed by atoms with Gasteiger partial charge in [-0.25, -0.2) is 4.79 Å². The van der Waals surface area contributed by atoms with Crippen LogP contribution in [0.3, 0.4) is 0 Å². The number of hydrogen-bond acceptors (Lipinski definition) is 6. The molecule has 0 spiro atoms. The molecule has 4 heterocycles. The van der Waals surface area contributed by atoms with Gasteiger partial charge in [-0.2, -0.15) is 13.2 Å². The summed E-state index contributed by atoms with van der Waals surface area (Å²) in [7, 11) is 0. The molecule has 0 saturated carbocycles. The first-order valence-electron chi connectivity index (χ1n) is 15.6. The minimum absolute atomic E-state index is 0.0899. The van der Waals surface area contributed by atoms with Crippen molar-refractivity contribution in [2.24, 2.45) is 5.92 Å². The number of aliphatic hydroxyl groups is 1. The average molecular weight is 664 g/mol. The molecule has 2 N–H and O–H groups in total. The molecule has 3 aliphatic rings. The van der Waals surface area contributed by atoms with E-state index < -0.39 is 23.7 Å². The van der Waals surface area contributed by atoms with Crippen molar-refractivity contribution in [3.63, 3.8) is 0 Å². The second kappa shape index (κ2) is 14.4. The number of piperidine rings is 3. The van der Waals surface area contributed by atoms with E-state index >= 15 is 0 Å². The third kappa shape index (κ3) is 7.77. The zero-order valence-corrected chi connectivity index (χ0v) is 26.0. The third-order valence-electron chi connectivity index (χ3n) is 9.11. The molecule has 1 aromatic heterocycles. The molecule has 0 aliphatic carbocycles. The van der Waals surface area contributed by atoms with Crippen LogP contribution < -0.4 is 10.4 Å². The minimum atomic E-state index is -5.19. The number of alkyl halides is 3. The smallest absolute Gasteiger partial charge is 0.430 e. The van der Waals surface area contributed by atoms with Gasteiger partial charge in [0.05, 0.1) is 26.2 Å². The largest absolute Gasteiger partial charge is 0.542 e. The molecule has 0 radical (unpaired) electrons. The van der Waals surface area contributed by atoms with Crippen molar-refractivity contribution < 1.29 is 47.0 Å². The number of benzene rings is 3. The van der Waals surface area contributed by atoms with Crippen molar-refractivity contribution in [1.29, 1.82) is 0 Å². The topological polar surface area (TPSA) is 121 Å².